The fraction of sp³-hybridized carbons (Fsp3) is 0.750. The number of rotatable bonds is 10. The van der Waals surface area contributed by atoms with Gasteiger partial charge >= 0.3 is 11.9 Å². The normalized spacial score (nSPS) is 39.4. The Kier molecular flexibility index (Phi) is 19.8. The zero-order valence-corrected chi connectivity index (χ0v) is 44.4. The summed E-state index contributed by atoms with van der Waals surface area (Å²) >= 11 is 0. The fourth-order valence-corrected chi connectivity index (χ4v) is 10.6. The molecule has 1 aliphatic carbocycles. The number of ether oxygens (including phenoxy) is 6. The van der Waals surface area contributed by atoms with E-state index in [2.05, 4.69) is 0 Å². The van der Waals surface area contributed by atoms with Crippen LogP contribution in [0.1, 0.15) is 142 Å². The number of esters is 2. The van der Waals surface area contributed by atoms with Crippen LogP contribution in [0.15, 0.2) is 47.6 Å². The molecule has 4 rings (SSSR count). The average molecular weight is 1040 g/mol. The number of cyclic esters (lactones) is 1. The van der Waals surface area contributed by atoms with E-state index in [4.69, 9.17) is 38.0 Å². The molecule has 1 amide bonds. The molecule has 412 valence electrons. The minimum atomic E-state index is -4.14. The lowest BCUT2D eigenvalue weighted by Crippen LogP contribution is -2.61. The van der Waals surface area contributed by atoms with E-state index < -0.39 is 133 Å². The summed E-state index contributed by atoms with van der Waals surface area (Å²) in [5, 5.41) is 44.2. The summed E-state index contributed by atoms with van der Waals surface area (Å²) in [7, 11) is 4.11. The number of hydrogen-bond donors (Lipinski definition) is 4. The summed E-state index contributed by atoms with van der Waals surface area (Å²) < 4.78 is 89.7. The molecule has 0 aromatic carbocycles. The van der Waals surface area contributed by atoms with Crippen LogP contribution in [0, 0.1) is 40.9 Å². The zero-order valence-electron chi connectivity index (χ0n) is 51.4. The highest BCUT2D eigenvalue weighted by Gasteiger charge is 2.53. The van der Waals surface area contributed by atoms with E-state index in [1.165, 1.54) is 27.4 Å². The Morgan fingerprint density at radius 1 is 0.904 bits per heavy atom. The maximum atomic E-state index is 14.6. The molecule has 2 bridgehead atoms. The quantitative estimate of drug-likeness (QED) is 0.0885. The van der Waals surface area contributed by atoms with Gasteiger partial charge in [0.1, 0.15) is 41.7 Å². The molecule has 3 heterocycles. The number of ketones is 3. The molecule has 0 aromatic heterocycles. The van der Waals surface area contributed by atoms with Gasteiger partial charge in [-0.15, -0.1) is 0 Å². The second-order valence-electron chi connectivity index (χ2n) is 20.9. The number of aliphatic hydroxyl groups excluding tert-OH is 1. The highest BCUT2D eigenvalue weighted by atomic mass is 16.6. The van der Waals surface area contributed by atoms with Gasteiger partial charge in [-0.1, -0.05) is 71.1 Å². The molecule has 4 N–H and O–H groups in total. The van der Waals surface area contributed by atoms with Crippen molar-refractivity contribution in [3.05, 3.63) is 47.6 Å². The Morgan fingerprint density at radius 2 is 1.62 bits per heavy atom. The number of aliphatic hydroxyl groups is 4. The lowest BCUT2D eigenvalue weighted by atomic mass is 9.78. The van der Waals surface area contributed by atoms with E-state index in [0.717, 1.165) is 10.5 Å². The largest absolute Gasteiger partial charge is 0.460 e. The monoisotopic (exact) mass is 1040 g/mol. The summed E-state index contributed by atoms with van der Waals surface area (Å²) in [6.07, 6.45) is 5.99. The van der Waals surface area contributed by atoms with Crippen LogP contribution in [-0.2, 0) is 57.2 Å². The van der Waals surface area contributed by atoms with E-state index in [9.17, 15) is 49.2 Å². The van der Waals surface area contributed by atoms with Gasteiger partial charge in [-0.2, -0.15) is 0 Å². The van der Waals surface area contributed by atoms with Crippen molar-refractivity contribution in [1.82, 2.24) is 4.90 Å². The van der Waals surface area contributed by atoms with Crippen LogP contribution >= 0.6 is 0 Å². The van der Waals surface area contributed by atoms with Crippen molar-refractivity contribution in [3.8, 4) is 0 Å². The molecular formula is C56H87NO16. The van der Waals surface area contributed by atoms with Crippen molar-refractivity contribution in [3.63, 3.8) is 0 Å². The lowest BCUT2D eigenvalue weighted by molar-refractivity contribution is -0.265. The van der Waals surface area contributed by atoms with Gasteiger partial charge in [0.15, 0.2) is 5.78 Å². The van der Waals surface area contributed by atoms with Crippen LogP contribution in [0.25, 0.3) is 0 Å². The summed E-state index contributed by atoms with van der Waals surface area (Å²) in [6, 6.07) is -1.31. The predicted molar refractivity (Wildman–Crippen MR) is 271 cm³/mol. The smallest absolute Gasteiger partial charge is 0.329 e. The van der Waals surface area contributed by atoms with E-state index in [1.807, 2.05) is 44.2 Å². The molecule has 0 spiro atoms. The highest BCUT2D eigenvalue weighted by Crippen LogP contribution is 2.38. The number of allylic oxidation sites excluding steroid dienone is 6. The summed E-state index contributed by atoms with van der Waals surface area (Å²) in [5.74, 6) is -11.9. The third-order valence-corrected chi connectivity index (χ3v) is 15.4. The maximum absolute atomic E-state index is 14.6. The third-order valence-electron chi connectivity index (χ3n) is 15.4. The minimum absolute atomic E-state index is 0.0344. The number of methoxy groups -OCH3 is 3. The topological polar surface area (TPSA) is 242 Å². The standard InChI is InChI=1S/C56H87NO16/c1-33-17-13-12-14-18-34(2)45(68-9)29-41-22-20-39(7)56(67,73-41)51(63)52(64)57-24-16-15-19-42(57)53(65)71-46(30-43(60)35(3)26-38(6)49(62)50(70-11)48(61)37(5)25-33)36(4)27-40-21-23-44(47(28-40)69-10)72-54(66)55(8,31-58)32-59/h12-14,17-18,26,33,35-37,39-42,44-47,49-50,58-59,62,67H,15-16,19-25,27-32H2,1-11H3/b14-12+,17-13+,34-18+,38-26+/t33-,35-,36-,37-,39-,40+,41+,42+,44-,45-,46+,47-,49-,50+,56-/m1/s1/i8+1D3,31+1D2,32+1D2. The van der Waals surface area contributed by atoms with Crippen LogP contribution in [0.5, 0.6) is 0 Å². The molecule has 15 atom stereocenters. The number of carbonyl (C=O) groups excluding carboxylic acids is 6. The molecule has 1 saturated carbocycles. The highest BCUT2D eigenvalue weighted by molar-refractivity contribution is 6.39. The number of amides is 1. The Hall–Kier alpha value is -3.94. The first-order valence-corrected chi connectivity index (χ1v) is 25.8. The van der Waals surface area contributed by atoms with Crippen LogP contribution in [-0.4, -0.2) is 156 Å². The van der Waals surface area contributed by atoms with Crippen LogP contribution in [0.4, 0.5) is 0 Å². The number of hydrogen-bond acceptors (Lipinski definition) is 16. The number of piperidine rings is 1. The van der Waals surface area contributed by atoms with E-state index in [1.54, 1.807) is 34.6 Å². The van der Waals surface area contributed by atoms with E-state index in [0.29, 0.717) is 32.1 Å². The first-order valence-electron chi connectivity index (χ1n) is 29.3. The minimum Gasteiger partial charge on any atom is -0.460 e. The van der Waals surface area contributed by atoms with Crippen molar-refractivity contribution in [2.45, 2.75) is 187 Å². The third kappa shape index (κ3) is 16.0. The number of nitrogens with zero attached hydrogens (tertiary/aromatic N) is 1. The molecule has 4 aliphatic rings. The van der Waals surface area contributed by atoms with Crippen LogP contribution < -0.4 is 0 Å². The molecular weight excluding hydrogens is 946 g/mol. The number of Topliss-reactive ketones (excluding diaryl/α,β-unsaturated/α-hetero) is 3. The molecule has 73 heavy (non-hydrogen) atoms. The van der Waals surface area contributed by atoms with Gasteiger partial charge in [0, 0.05) is 62.6 Å². The van der Waals surface area contributed by atoms with Crippen molar-refractivity contribution in [2.24, 2.45) is 40.9 Å². The Morgan fingerprint density at radius 3 is 2.26 bits per heavy atom. The SMILES string of the molecule is [2H][13C]([2H])([2H])C(C(=O)O[C@@H]1CC[C@@H](C[C@@H](C)[C@@H]2CC(=O)[C@H](C)/C=C(\C)[C@@H](O)[C@@H](OC)C(=O)[C@H](C)C[C@H](C)/C=C/C=C/C=C(\C)[C@H](OC)C[C@@H]3CC[C@@H](C)[C@@](O)(O3)C(=O)C(=O)N3CCCC[C@H]3C(=O)O2)C[C@H]1OC)([13C]([2H])([2H])O)[13C]([2H])([2H])O. The summed E-state index contributed by atoms with van der Waals surface area (Å²) in [5.41, 5.74) is -3.00. The molecule has 17 heteroatoms. The van der Waals surface area contributed by atoms with Gasteiger partial charge in [-0.25, -0.2) is 4.79 Å². The van der Waals surface area contributed by atoms with E-state index in [-0.39, 0.29) is 74.7 Å². The molecule has 0 unspecified atom stereocenters. The molecule has 2 saturated heterocycles. The lowest BCUT2D eigenvalue weighted by Gasteiger charge is -2.42. The molecule has 3 aliphatic heterocycles. The van der Waals surface area contributed by atoms with Gasteiger partial charge in [0.05, 0.1) is 36.9 Å². The van der Waals surface area contributed by atoms with Gasteiger partial charge in [0.25, 0.3) is 11.7 Å². The van der Waals surface area contributed by atoms with Crippen LogP contribution in [0.2, 0.25) is 0 Å². The molecule has 3 fully saturated rings. The Bertz CT molecular complexity index is 2260. The van der Waals surface area contributed by atoms with Crippen molar-refractivity contribution in [2.75, 3.05) is 41.0 Å². The summed E-state index contributed by atoms with van der Waals surface area (Å²) in [4.78, 5) is 86.2. The average Bonchev–Trinajstić information content (AvgIpc) is 3.36. The van der Waals surface area contributed by atoms with Gasteiger partial charge in [0.2, 0.25) is 5.79 Å². The molecule has 17 nitrogen and oxygen atoms in total. The fourth-order valence-electron chi connectivity index (χ4n) is 10.6. The second-order valence-corrected chi connectivity index (χ2v) is 20.9. The first-order chi connectivity index (χ1) is 37.1. The predicted octanol–water partition coefficient (Wildman–Crippen LogP) is 5.72. The van der Waals surface area contributed by atoms with Crippen molar-refractivity contribution in [1.29, 1.82) is 0 Å². The van der Waals surface area contributed by atoms with E-state index >= 15 is 0 Å². The van der Waals surface area contributed by atoms with Gasteiger partial charge < -0.3 is 53.7 Å². The Balaban J connectivity index is 1.72. The number of carbonyl (C=O) groups is 6. The van der Waals surface area contributed by atoms with Crippen molar-refractivity contribution < 1.29 is 87.2 Å². The second kappa shape index (κ2) is 28.3. The van der Waals surface area contributed by atoms with Crippen LogP contribution in [0.3, 0.4) is 0 Å². The first kappa shape index (κ1) is 51.2. The summed E-state index contributed by atoms with van der Waals surface area (Å²) in [6.45, 7) is -0.202. The van der Waals surface area contributed by atoms with Gasteiger partial charge in [-0.3, -0.25) is 24.0 Å². The van der Waals surface area contributed by atoms with Crippen molar-refractivity contribution >= 4 is 35.2 Å². The molecule has 0 aromatic rings. The number of fused-ring (bicyclic) bond motifs is 3. The zero-order chi connectivity index (χ0) is 60.5. The maximum Gasteiger partial charge on any atom is 0.329 e. The Labute approximate surface area is 442 Å². The van der Waals surface area contributed by atoms with Gasteiger partial charge in [-0.05, 0) is 114 Å². The molecule has 0 radical (unpaired) electrons.